The SMILES string of the molecule is CC(N)Oc1cccc2ccccc12. The van der Waals surface area contributed by atoms with Gasteiger partial charge in [0, 0.05) is 5.39 Å². The molecule has 2 aromatic carbocycles. The summed E-state index contributed by atoms with van der Waals surface area (Å²) in [5, 5.41) is 2.28. The van der Waals surface area contributed by atoms with Gasteiger partial charge in [0.2, 0.25) is 0 Å². The Bertz CT molecular complexity index is 432. The summed E-state index contributed by atoms with van der Waals surface area (Å²) in [6.45, 7) is 1.82. The van der Waals surface area contributed by atoms with Gasteiger partial charge in [0.25, 0.3) is 0 Å². The molecule has 72 valence electrons. The van der Waals surface area contributed by atoms with Gasteiger partial charge in [-0.05, 0) is 18.4 Å². The van der Waals surface area contributed by atoms with Crippen molar-refractivity contribution >= 4 is 10.8 Å². The van der Waals surface area contributed by atoms with E-state index in [1.54, 1.807) is 0 Å². The predicted octanol–water partition coefficient (Wildman–Crippen LogP) is 2.52. The molecule has 0 aliphatic heterocycles. The fraction of sp³-hybridized carbons (Fsp3) is 0.167. The zero-order chi connectivity index (χ0) is 9.97. The number of fused-ring (bicyclic) bond motifs is 1. The first-order chi connectivity index (χ1) is 6.77. The molecule has 0 heterocycles. The Hall–Kier alpha value is -1.54. The van der Waals surface area contributed by atoms with E-state index >= 15 is 0 Å². The van der Waals surface area contributed by atoms with Crippen molar-refractivity contribution in [3.8, 4) is 5.75 Å². The lowest BCUT2D eigenvalue weighted by molar-refractivity contribution is 0.233. The summed E-state index contributed by atoms with van der Waals surface area (Å²) < 4.78 is 5.51. The molecule has 0 amide bonds. The van der Waals surface area contributed by atoms with Crippen molar-refractivity contribution in [1.82, 2.24) is 0 Å². The minimum atomic E-state index is -0.277. The third kappa shape index (κ3) is 1.70. The van der Waals surface area contributed by atoms with E-state index in [0.717, 1.165) is 11.1 Å². The third-order valence-corrected chi connectivity index (χ3v) is 2.06. The van der Waals surface area contributed by atoms with Gasteiger partial charge in [-0.3, -0.25) is 5.73 Å². The summed E-state index contributed by atoms with van der Waals surface area (Å²) in [6, 6.07) is 14.1. The molecule has 1 unspecified atom stereocenters. The third-order valence-electron chi connectivity index (χ3n) is 2.06. The normalized spacial score (nSPS) is 12.7. The van der Waals surface area contributed by atoms with Gasteiger partial charge >= 0.3 is 0 Å². The maximum absolute atomic E-state index is 5.59. The van der Waals surface area contributed by atoms with Crippen LogP contribution in [0.3, 0.4) is 0 Å². The molecule has 0 aromatic heterocycles. The minimum Gasteiger partial charge on any atom is -0.475 e. The number of rotatable bonds is 2. The lowest BCUT2D eigenvalue weighted by Gasteiger charge is -2.11. The molecule has 2 rings (SSSR count). The van der Waals surface area contributed by atoms with E-state index < -0.39 is 0 Å². The highest BCUT2D eigenvalue weighted by Gasteiger charge is 2.02. The number of nitrogens with two attached hydrogens (primary N) is 1. The summed E-state index contributed by atoms with van der Waals surface area (Å²) in [5.74, 6) is 0.845. The van der Waals surface area contributed by atoms with Crippen LogP contribution in [0.15, 0.2) is 42.5 Å². The van der Waals surface area contributed by atoms with Crippen LogP contribution in [0.2, 0.25) is 0 Å². The smallest absolute Gasteiger partial charge is 0.144 e. The van der Waals surface area contributed by atoms with Crippen LogP contribution in [0, 0.1) is 0 Å². The fourth-order valence-corrected chi connectivity index (χ4v) is 1.50. The molecule has 0 fully saturated rings. The summed E-state index contributed by atoms with van der Waals surface area (Å²) in [6.07, 6.45) is -0.277. The Kier molecular flexibility index (Phi) is 2.37. The number of ether oxygens (including phenoxy) is 1. The molecule has 0 aliphatic rings. The van der Waals surface area contributed by atoms with Crippen LogP contribution in [0.4, 0.5) is 0 Å². The van der Waals surface area contributed by atoms with Gasteiger partial charge in [0.1, 0.15) is 12.0 Å². The maximum atomic E-state index is 5.59. The van der Waals surface area contributed by atoms with Crippen LogP contribution < -0.4 is 10.5 Å². The Morgan fingerprint density at radius 3 is 2.57 bits per heavy atom. The summed E-state index contributed by atoms with van der Waals surface area (Å²) in [4.78, 5) is 0. The van der Waals surface area contributed by atoms with Crippen molar-refractivity contribution in [3.63, 3.8) is 0 Å². The van der Waals surface area contributed by atoms with Gasteiger partial charge in [-0.15, -0.1) is 0 Å². The highest BCUT2D eigenvalue weighted by molar-refractivity contribution is 5.88. The molecule has 2 heteroatoms. The molecule has 2 N–H and O–H groups in total. The van der Waals surface area contributed by atoms with Crippen molar-refractivity contribution in [1.29, 1.82) is 0 Å². The molecular weight excluding hydrogens is 174 g/mol. The van der Waals surface area contributed by atoms with Gasteiger partial charge in [0.05, 0.1) is 0 Å². The molecule has 0 aliphatic carbocycles. The lowest BCUT2D eigenvalue weighted by atomic mass is 10.1. The van der Waals surface area contributed by atoms with E-state index in [1.165, 1.54) is 5.39 Å². The molecule has 1 atom stereocenters. The van der Waals surface area contributed by atoms with E-state index in [0.29, 0.717) is 0 Å². The molecule has 0 radical (unpaired) electrons. The Labute approximate surface area is 83.3 Å². The second kappa shape index (κ2) is 3.68. The zero-order valence-corrected chi connectivity index (χ0v) is 8.10. The quantitative estimate of drug-likeness (QED) is 0.733. The van der Waals surface area contributed by atoms with Gasteiger partial charge in [-0.25, -0.2) is 0 Å². The average molecular weight is 187 g/mol. The second-order valence-electron chi connectivity index (χ2n) is 3.30. The van der Waals surface area contributed by atoms with Crippen molar-refractivity contribution in [3.05, 3.63) is 42.5 Å². The number of hydrogen-bond acceptors (Lipinski definition) is 2. The maximum Gasteiger partial charge on any atom is 0.144 e. The summed E-state index contributed by atoms with van der Waals surface area (Å²) in [7, 11) is 0. The van der Waals surface area contributed by atoms with Gasteiger partial charge in [0.15, 0.2) is 0 Å². The standard InChI is InChI=1S/C12H13NO/c1-9(13)14-12-8-4-6-10-5-2-3-7-11(10)12/h2-9H,13H2,1H3. The lowest BCUT2D eigenvalue weighted by Crippen LogP contribution is -2.22. The fourth-order valence-electron chi connectivity index (χ4n) is 1.50. The van der Waals surface area contributed by atoms with Crippen LogP contribution in [-0.4, -0.2) is 6.23 Å². The first kappa shape index (κ1) is 9.03. The minimum absolute atomic E-state index is 0.277. The zero-order valence-electron chi connectivity index (χ0n) is 8.10. The molecular formula is C12H13NO. The van der Waals surface area contributed by atoms with Crippen LogP contribution in [0.5, 0.6) is 5.75 Å². The van der Waals surface area contributed by atoms with Crippen molar-refractivity contribution < 1.29 is 4.74 Å². The van der Waals surface area contributed by atoms with E-state index in [2.05, 4.69) is 12.1 Å². The second-order valence-corrected chi connectivity index (χ2v) is 3.30. The average Bonchev–Trinajstić information content (AvgIpc) is 2.18. The number of benzene rings is 2. The molecule has 0 saturated carbocycles. The molecule has 0 bridgehead atoms. The molecule has 0 spiro atoms. The van der Waals surface area contributed by atoms with Crippen LogP contribution in [0.25, 0.3) is 10.8 Å². The van der Waals surface area contributed by atoms with E-state index in [9.17, 15) is 0 Å². The first-order valence-corrected chi connectivity index (χ1v) is 4.67. The van der Waals surface area contributed by atoms with Gasteiger partial charge in [-0.1, -0.05) is 36.4 Å². The van der Waals surface area contributed by atoms with Crippen molar-refractivity contribution in [2.24, 2.45) is 5.73 Å². The van der Waals surface area contributed by atoms with E-state index in [-0.39, 0.29) is 6.23 Å². The van der Waals surface area contributed by atoms with Crippen LogP contribution >= 0.6 is 0 Å². The molecule has 14 heavy (non-hydrogen) atoms. The Morgan fingerprint density at radius 2 is 1.79 bits per heavy atom. The summed E-state index contributed by atoms with van der Waals surface area (Å²) >= 11 is 0. The largest absolute Gasteiger partial charge is 0.475 e. The Morgan fingerprint density at radius 1 is 1.07 bits per heavy atom. The summed E-state index contributed by atoms with van der Waals surface area (Å²) in [5.41, 5.74) is 5.59. The van der Waals surface area contributed by atoms with Crippen molar-refractivity contribution in [2.75, 3.05) is 0 Å². The molecule has 2 nitrogen and oxygen atoms in total. The van der Waals surface area contributed by atoms with Gasteiger partial charge < -0.3 is 4.74 Å². The number of hydrogen-bond donors (Lipinski definition) is 1. The predicted molar refractivity (Wildman–Crippen MR) is 58.2 cm³/mol. The van der Waals surface area contributed by atoms with Crippen LogP contribution in [0.1, 0.15) is 6.92 Å². The molecule has 2 aromatic rings. The van der Waals surface area contributed by atoms with E-state index in [1.807, 2.05) is 37.3 Å². The Balaban J connectivity index is 2.53. The molecule has 0 saturated heterocycles. The highest BCUT2D eigenvalue weighted by Crippen LogP contribution is 2.25. The van der Waals surface area contributed by atoms with Gasteiger partial charge in [-0.2, -0.15) is 0 Å². The topological polar surface area (TPSA) is 35.2 Å². The van der Waals surface area contributed by atoms with Crippen molar-refractivity contribution in [2.45, 2.75) is 13.2 Å². The monoisotopic (exact) mass is 187 g/mol. The van der Waals surface area contributed by atoms with Crippen LogP contribution in [-0.2, 0) is 0 Å². The first-order valence-electron chi connectivity index (χ1n) is 4.67. The van der Waals surface area contributed by atoms with E-state index in [4.69, 9.17) is 10.5 Å². The highest BCUT2D eigenvalue weighted by atomic mass is 16.5.